The lowest BCUT2D eigenvalue weighted by atomic mass is 9.80. The fourth-order valence-corrected chi connectivity index (χ4v) is 1.72. The fraction of sp³-hybridized carbons (Fsp3) is 0.700. The molecule has 0 heterocycles. The number of carbonyl (C=O) groups excluding carboxylic acids is 1. The first-order valence-electron chi connectivity index (χ1n) is 4.36. The molecular weight excluding hydrogens is 136 g/mol. The summed E-state index contributed by atoms with van der Waals surface area (Å²) in [6.07, 6.45) is 4.00. The Labute approximate surface area is 68.5 Å². The quantitative estimate of drug-likeness (QED) is 0.564. The van der Waals surface area contributed by atoms with Gasteiger partial charge in [-0.1, -0.05) is 26.3 Å². The van der Waals surface area contributed by atoms with E-state index >= 15 is 0 Å². The van der Waals surface area contributed by atoms with Gasteiger partial charge in [0.1, 0.15) is 0 Å². The highest BCUT2D eigenvalue weighted by atomic mass is 16.1. The molecule has 2 atom stereocenters. The van der Waals surface area contributed by atoms with Gasteiger partial charge in [-0.2, -0.15) is 0 Å². The molecule has 0 N–H and O–H groups in total. The molecule has 0 spiro atoms. The molecule has 0 aliphatic heterocycles. The summed E-state index contributed by atoms with van der Waals surface area (Å²) in [5.41, 5.74) is 0.960. The molecule has 1 aliphatic rings. The van der Waals surface area contributed by atoms with Crippen LogP contribution in [0.5, 0.6) is 0 Å². The number of allylic oxidation sites excluding steroid dienone is 2. The first-order valence-corrected chi connectivity index (χ1v) is 4.36. The zero-order valence-electron chi connectivity index (χ0n) is 7.55. The number of Topliss-reactive ketones (excluding diaryl/α,β-unsaturated/α-hetero) is 1. The number of ketones is 1. The Morgan fingerprint density at radius 1 is 1.64 bits per heavy atom. The molecule has 1 heteroatoms. The maximum atomic E-state index is 11.2. The summed E-state index contributed by atoms with van der Waals surface area (Å²) in [7, 11) is 0. The molecule has 0 saturated heterocycles. The van der Waals surface area contributed by atoms with Gasteiger partial charge in [-0.3, -0.25) is 4.79 Å². The van der Waals surface area contributed by atoms with Crippen LogP contribution in [0, 0.1) is 11.8 Å². The lowest BCUT2D eigenvalue weighted by Gasteiger charge is -2.24. The van der Waals surface area contributed by atoms with Crippen molar-refractivity contribution < 1.29 is 4.79 Å². The van der Waals surface area contributed by atoms with Gasteiger partial charge in [0.15, 0.2) is 5.78 Å². The van der Waals surface area contributed by atoms with Crippen LogP contribution in [0.2, 0.25) is 0 Å². The van der Waals surface area contributed by atoms with Crippen molar-refractivity contribution in [3.63, 3.8) is 0 Å². The van der Waals surface area contributed by atoms with Crippen molar-refractivity contribution in [1.82, 2.24) is 0 Å². The van der Waals surface area contributed by atoms with E-state index in [-0.39, 0.29) is 0 Å². The molecule has 0 radical (unpaired) electrons. The van der Waals surface area contributed by atoms with Crippen LogP contribution in [0.25, 0.3) is 0 Å². The fourth-order valence-electron chi connectivity index (χ4n) is 1.72. The van der Waals surface area contributed by atoms with Gasteiger partial charge in [-0.05, 0) is 24.3 Å². The minimum absolute atomic E-state index is 0.343. The maximum absolute atomic E-state index is 11.2. The highest BCUT2D eigenvalue weighted by Gasteiger charge is 2.23. The van der Waals surface area contributed by atoms with Crippen LogP contribution in [0.1, 0.15) is 33.6 Å². The predicted molar refractivity (Wildman–Crippen MR) is 46.3 cm³/mol. The normalized spacial score (nSPS) is 31.9. The van der Waals surface area contributed by atoms with Gasteiger partial charge in [-0.25, -0.2) is 0 Å². The van der Waals surface area contributed by atoms with Gasteiger partial charge in [0.2, 0.25) is 0 Å². The molecular formula is C10H16O. The average Bonchev–Trinajstić information content (AvgIpc) is 1.97. The van der Waals surface area contributed by atoms with Gasteiger partial charge in [0.05, 0.1) is 0 Å². The van der Waals surface area contributed by atoms with E-state index < -0.39 is 0 Å². The monoisotopic (exact) mass is 152 g/mol. The van der Waals surface area contributed by atoms with Crippen LogP contribution < -0.4 is 0 Å². The molecule has 62 valence electrons. The summed E-state index contributed by atoms with van der Waals surface area (Å²) < 4.78 is 0. The van der Waals surface area contributed by atoms with E-state index in [4.69, 9.17) is 0 Å². The Morgan fingerprint density at radius 3 is 2.82 bits per heavy atom. The van der Waals surface area contributed by atoms with Crippen molar-refractivity contribution in [2.75, 3.05) is 0 Å². The molecule has 1 rings (SSSR count). The summed E-state index contributed by atoms with van der Waals surface area (Å²) in [5.74, 6) is 1.53. The van der Waals surface area contributed by atoms with E-state index in [9.17, 15) is 4.79 Å². The maximum Gasteiger partial charge on any atom is 0.158 e. The molecule has 1 nitrogen and oxygen atoms in total. The third kappa shape index (κ3) is 1.70. The first-order chi connectivity index (χ1) is 5.15. The van der Waals surface area contributed by atoms with Crippen molar-refractivity contribution in [2.24, 2.45) is 11.8 Å². The molecule has 0 amide bonds. The Bertz CT molecular complexity index is 191. The third-order valence-electron chi connectivity index (χ3n) is 2.67. The highest BCUT2D eigenvalue weighted by Crippen LogP contribution is 2.28. The van der Waals surface area contributed by atoms with Crippen LogP contribution in [0.15, 0.2) is 11.6 Å². The summed E-state index contributed by atoms with van der Waals surface area (Å²) in [6, 6.07) is 0. The van der Waals surface area contributed by atoms with Crippen molar-refractivity contribution in [1.29, 1.82) is 0 Å². The molecule has 11 heavy (non-hydrogen) atoms. The first kappa shape index (κ1) is 8.51. The van der Waals surface area contributed by atoms with E-state index in [1.165, 1.54) is 0 Å². The van der Waals surface area contributed by atoms with E-state index in [0.717, 1.165) is 18.4 Å². The Kier molecular flexibility index (Phi) is 2.48. The van der Waals surface area contributed by atoms with E-state index in [1.807, 2.05) is 6.92 Å². The Balaban J connectivity index is 2.75. The van der Waals surface area contributed by atoms with Crippen LogP contribution in [-0.2, 0) is 4.79 Å². The lowest BCUT2D eigenvalue weighted by Crippen LogP contribution is -2.20. The van der Waals surface area contributed by atoms with Gasteiger partial charge < -0.3 is 0 Å². The van der Waals surface area contributed by atoms with Gasteiger partial charge in [-0.15, -0.1) is 0 Å². The number of rotatable bonds is 1. The SMILES string of the molecule is CC[C@@H]1CC(=O)C(C)=C[C@H]1C. The van der Waals surface area contributed by atoms with Crippen LogP contribution >= 0.6 is 0 Å². The smallest absolute Gasteiger partial charge is 0.158 e. The van der Waals surface area contributed by atoms with Gasteiger partial charge in [0.25, 0.3) is 0 Å². The molecule has 1 aliphatic carbocycles. The van der Waals surface area contributed by atoms with Crippen LogP contribution in [0.3, 0.4) is 0 Å². The van der Waals surface area contributed by atoms with E-state index in [0.29, 0.717) is 17.6 Å². The standard InChI is InChI=1S/C10H16O/c1-4-9-6-10(11)8(3)5-7(9)2/h5,7,9H,4,6H2,1-3H3/t7-,9-/m1/s1. The summed E-state index contributed by atoms with van der Waals surface area (Å²) in [6.45, 7) is 6.28. The summed E-state index contributed by atoms with van der Waals surface area (Å²) in [4.78, 5) is 11.2. The van der Waals surface area contributed by atoms with E-state index in [1.54, 1.807) is 0 Å². The average molecular weight is 152 g/mol. The second kappa shape index (κ2) is 3.21. The third-order valence-corrected chi connectivity index (χ3v) is 2.67. The molecule has 0 fully saturated rings. The zero-order chi connectivity index (χ0) is 8.43. The zero-order valence-corrected chi connectivity index (χ0v) is 7.55. The van der Waals surface area contributed by atoms with Crippen molar-refractivity contribution in [3.8, 4) is 0 Å². The topological polar surface area (TPSA) is 17.1 Å². The molecule has 0 aromatic heterocycles. The predicted octanol–water partition coefficient (Wildman–Crippen LogP) is 2.57. The minimum atomic E-state index is 0.343. The minimum Gasteiger partial charge on any atom is -0.295 e. The lowest BCUT2D eigenvalue weighted by molar-refractivity contribution is -0.117. The Hall–Kier alpha value is -0.590. The highest BCUT2D eigenvalue weighted by molar-refractivity contribution is 5.95. The summed E-state index contributed by atoms with van der Waals surface area (Å²) >= 11 is 0. The number of hydrogen-bond acceptors (Lipinski definition) is 1. The van der Waals surface area contributed by atoms with Crippen molar-refractivity contribution in [2.45, 2.75) is 33.6 Å². The number of hydrogen-bond donors (Lipinski definition) is 0. The molecule has 0 bridgehead atoms. The largest absolute Gasteiger partial charge is 0.295 e. The van der Waals surface area contributed by atoms with Crippen molar-refractivity contribution >= 4 is 5.78 Å². The Morgan fingerprint density at radius 2 is 2.27 bits per heavy atom. The second-order valence-electron chi connectivity index (χ2n) is 3.50. The molecule has 0 aromatic carbocycles. The van der Waals surface area contributed by atoms with Crippen molar-refractivity contribution in [3.05, 3.63) is 11.6 Å². The van der Waals surface area contributed by atoms with Gasteiger partial charge in [0, 0.05) is 6.42 Å². The molecule has 0 saturated carbocycles. The van der Waals surface area contributed by atoms with Crippen LogP contribution in [0.4, 0.5) is 0 Å². The number of carbonyl (C=O) groups is 1. The van der Waals surface area contributed by atoms with Crippen LogP contribution in [-0.4, -0.2) is 5.78 Å². The van der Waals surface area contributed by atoms with E-state index in [2.05, 4.69) is 19.9 Å². The van der Waals surface area contributed by atoms with Gasteiger partial charge >= 0.3 is 0 Å². The molecule has 0 aromatic rings. The summed E-state index contributed by atoms with van der Waals surface area (Å²) in [5, 5.41) is 0. The molecule has 0 unspecified atom stereocenters. The second-order valence-corrected chi connectivity index (χ2v) is 3.50.